The van der Waals surface area contributed by atoms with Crippen LogP contribution in [0.4, 0.5) is 5.69 Å². The summed E-state index contributed by atoms with van der Waals surface area (Å²) < 4.78 is 10.5. The van der Waals surface area contributed by atoms with Crippen LogP contribution in [-0.4, -0.2) is 20.1 Å². The van der Waals surface area contributed by atoms with E-state index in [0.717, 1.165) is 22.4 Å². The Hall–Kier alpha value is -2.75. The molecule has 0 bridgehead atoms. The van der Waals surface area contributed by atoms with Crippen LogP contribution in [0.1, 0.15) is 22.3 Å². The molecule has 4 heteroatoms. The number of benzene rings is 2. The van der Waals surface area contributed by atoms with E-state index in [4.69, 9.17) is 9.47 Å². The zero-order valence-corrected chi connectivity index (χ0v) is 14.8. The zero-order chi connectivity index (χ0) is 17.7. The van der Waals surface area contributed by atoms with Crippen molar-refractivity contribution in [3.63, 3.8) is 0 Å². The molecule has 1 amide bonds. The molecule has 4 nitrogen and oxygen atoms in total. The fourth-order valence-electron chi connectivity index (χ4n) is 2.66. The molecule has 0 saturated heterocycles. The first-order chi connectivity index (χ1) is 11.4. The highest BCUT2D eigenvalue weighted by Crippen LogP contribution is 2.26. The van der Waals surface area contributed by atoms with Gasteiger partial charge in [-0.3, -0.25) is 4.79 Å². The van der Waals surface area contributed by atoms with Crippen molar-refractivity contribution in [2.24, 2.45) is 0 Å². The van der Waals surface area contributed by atoms with E-state index in [9.17, 15) is 4.79 Å². The molecule has 0 heterocycles. The van der Waals surface area contributed by atoms with Crippen molar-refractivity contribution in [3.05, 3.63) is 58.7 Å². The van der Waals surface area contributed by atoms with Crippen LogP contribution in [0.3, 0.4) is 0 Å². The lowest BCUT2D eigenvalue weighted by atomic mass is 10.1. The largest absolute Gasteiger partial charge is 0.497 e. The van der Waals surface area contributed by atoms with E-state index in [2.05, 4.69) is 17.4 Å². The summed E-state index contributed by atoms with van der Waals surface area (Å²) in [7, 11) is 3.19. The number of aryl methyl sites for hydroxylation is 3. The lowest BCUT2D eigenvalue weighted by Gasteiger charge is -2.11. The van der Waals surface area contributed by atoms with Crippen LogP contribution in [0.25, 0.3) is 6.08 Å². The number of ether oxygens (including phenoxy) is 2. The molecule has 0 aliphatic carbocycles. The first-order valence-electron chi connectivity index (χ1n) is 7.73. The first kappa shape index (κ1) is 17.6. The van der Waals surface area contributed by atoms with E-state index < -0.39 is 0 Å². The molecular formula is C20H23NO3. The summed E-state index contributed by atoms with van der Waals surface area (Å²) in [6.45, 7) is 6.03. The van der Waals surface area contributed by atoms with E-state index in [-0.39, 0.29) is 5.91 Å². The molecule has 24 heavy (non-hydrogen) atoms. The van der Waals surface area contributed by atoms with Gasteiger partial charge in [-0.15, -0.1) is 0 Å². The summed E-state index contributed by atoms with van der Waals surface area (Å²) in [6.07, 6.45) is 3.23. The van der Waals surface area contributed by atoms with Crippen molar-refractivity contribution in [2.45, 2.75) is 20.8 Å². The van der Waals surface area contributed by atoms with E-state index in [1.165, 1.54) is 11.6 Å². The number of nitrogens with one attached hydrogen (secondary N) is 1. The first-order valence-corrected chi connectivity index (χ1v) is 7.73. The SMILES string of the molecule is COc1ccc(C=CC(=O)Nc2c(C)cc(C)cc2C)c(OC)c1. The summed E-state index contributed by atoms with van der Waals surface area (Å²) >= 11 is 0. The highest BCUT2D eigenvalue weighted by molar-refractivity contribution is 6.03. The van der Waals surface area contributed by atoms with Crippen LogP contribution in [-0.2, 0) is 4.79 Å². The Kier molecular flexibility index (Phi) is 5.64. The maximum atomic E-state index is 12.2. The van der Waals surface area contributed by atoms with E-state index in [0.29, 0.717) is 11.5 Å². The van der Waals surface area contributed by atoms with Crippen LogP contribution in [0, 0.1) is 20.8 Å². The fraction of sp³-hybridized carbons (Fsp3) is 0.250. The van der Waals surface area contributed by atoms with Gasteiger partial charge in [-0.2, -0.15) is 0 Å². The Balaban J connectivity index is 2.17. The van der Waals surface area contributed by atoms with Crippen LogP contribution in [0.15, 0.2) is 36.4 Å². The molecule has 2 aromatic carbocycles. The van der Waals surface area contributed by atoms with Gasteiger partial charge in [0.15, 0.2) is 0 Å². The monoisotopic (exact) mass is 325 g/mol. The third-order valence-corrected chi connectivity index (χ3v) is 3.78. The van der Waals surface area contributed by atoms with Crippen molar-refractivity contribution < 1.29 is 14.3 Å². The maximum Gasteiger partial charge on any atom is 0.248 e. The van der Waals surface area contributed by atoms with E-state index in [1.54, 1.807) is 26.4 Å². The molecule has 0 aliphatic heterocycles. The molecule has 0 atom stereocenters. The molecule has 1 N–H and O–H groups in total. The third-order valence-electron chi connectivity index (χ3n) is 3.78. The van der Waals surface area contributed by atoms with Crippen molar-refractivity contribution in [2.75, 3.05) is 19.5 Å². The van der Waals surface area contributed by atoms with Crippen molar-refractivity contribution >= 4 is 17.7 Å². The highest BCUT2D eigenvalue weighted by atomic mass is 16.5. The number of carbonyl (C=O) groups excluding carboxylic acids is 1. The summed E-state index contributed by atoms with van der Waals surface area (Å²) in [6, 6.07) is 9.57. The summed E-state index contributed by atoms with van der Waals surface area (Å²) in [5, 5.41) is 2.94. The minimum absolute atomic E-state index is 0.178. The van der Waals surface area contributed by atoms with Gasteiger partial charge in [-0.25, -0.2) is 0 Å². The van der Waals surface area contributed by atoms with Gasteiger partial charge >= 0.3 is 0 Å². The molecule has 2 rings (SSSR count). The third kappa shape index (κ3) is 4.16. The Morgan fingerprint density at radius 1 is 1.00 bits per heavy atom. The lowest BCUT2D eigenvalue weighted by molar-refractivity contribution is -0.111. The standard InChI is InChI=1S/C20H23NO3/c1-13-10-14(2)20(15(3)11-13)21-19(22)9-7-16-6-8-17(23-4)12-18(16)24-5/h6-12H,1-5H3,(H,21,22). The molecule has 0 spiro atoms. The Bertz CT molecular complexity index is 755. The van der Waals surface area contributed by atoms with Crippen molar-refractivity contribution in [3.8, 4) is 11.5 Å². The van der Waals surface area contributed by atoms with Crippen LogP contribution < -0.4 is 14.8 Å². The number of hydrogen-bond acceptors (Lipinski definition) is 3. The maximum absolute atomic E-state index is 12.2. The second kappa shape index (κ2) is 7.68. The smallest absolute Gasteiger partial charge is 0.248 e. The average Bonchev–Trinajstić information content (AvgIpc) is 2.56. The topological polar surface area (TPSA) is 47.6 Å². The quantitative estimate of drug-likeness (QED) is 0.835. The van der Waals surface area contributed by atoms with Gasteiger partial charge in [0, 0.05) is 23.4 Å². The number of methoxy groups -OCH3 is 2. The molecule has 0 aromatic heterocycles. The van der Waals surface area contributed by atoms with Gasteiger partial charge < -0.3 is 14.8 Å². The number of anilines is 1. The second-order valence-electron chi connectivity index (χ2n) is 5.70. The number of carbonyl (C=O) groups is 1. The van der Waals surface area contributed by atoms with Crippen LogP contribution >= 0.6 is 0 Å². The van der Waals surface area contributed by atoms with Gasteiger partial charge in [-0.1, -0.05) is 17.7 Å². The van der Waals surface area contributed by atoms with Gasteiger partial charge in [0.1, 0.15) is 11.5 Å². The number of rotatable bonds is 5. The Labute approximate surface area is 143 Å². The summed E-state index contributed by atoms with van der Waals surface area (Å²) in [5.41, 5.74) is 4.96. The van der Waals surface area contributed by atoms with Gasteiger partial charge in [0.2, 0.25) is 5.91 Å². The minimum atomic E-state index is -0.178. The van der Waals surface area contributed by atoms with Crippen molar-refractivity contribution in [1.82, 2.24) is 0 Å². The summed E-state index contributed by atoms with van der Waals surface area (Å²) in [5.74, 6) is 1.18. The minimum Gasteiger partial charge on any atom is -0.497 e. The van der Waals surface area contributed by atoms with Crippen molar-refractivity contribution in [1.29, 1.82) is 0 Å². The molecule has 2 aromatic rings. The molecule has 0 unspecified atom stereocenters. The van der Waals surface area contributed by atoms with E-state index >= 15 is 0 Å². The fourth-order valence-corrected chi connectivity index (χ4v) is 2.66. The molecule has 0 saturated carbocycles. The zero-order valence-electron chi connectivity index (χ0n) is 14.8. The molecular weight excluding hydrogens is 302 g/mol. The lowest BCUT2D eigenvalue weighted by Crippen LogP contribution is -2.10. The second-order valence-corrected chi connectivity index (χ2v) is 5.70. The molecule has 126 valence electrons. The predicted molar refractivity (Wildman–Crippen MR) is 97.9 cm³/mol. The number of hydrogen-bond donors (Lipinski definition) is 1. The Morgan fingerprint density at radius 2 is 1.67 bits per heavy atom. The van der Waals surface area contributed by atoms with Gasteiger partial charge in [0.25, 0.3) is 0 Å². The average molecular weight is 325 g/mol. The van der Waals surface area contributed by atoms with E-state index in [1.807, 2.05) is 32.9 Å². The summed E-state index contributed by atoms with van der Waals surface area (Å²) in [4.78, 5) is 12.2. The molecule has 0 radical (unpaired) electrons. The predicted octanol–water partition coefficient (Wildman–Crippen LogP) is 4.28. The number of amides is 1. The molecule has 0 fully saturated rings. The highest BCUT2D eigenvalue weighted by Gasteiger charge is 2.07. The molecule has 0 aliphatic rings. The Morgan fingerprint density at radius 3 is 2.25 bits per heavy atom. The van der Waals surface area contributed by atoms with Gasteiger partial charge in [0.05, 0.1) is 14.2 Å². The normalized spacial score (nSPS) is 10.7. The van der Waals surface area contributed by atoms with Crippen LogP contribution in [0.2, 0.25) is 0 Å². The van der Waals surface area contributed by atoms with Crippen LogP contribution in [0.5, 0.6) is 11.5 Å². The van der Waals surface area contributed by atoms with Gasteiger partial charge in [-0.05, 0) is 50.1 Å².